The highest BCUT2D eigenvalue weighted by molar-refractivity contribution is 14.1. The predicted molar refractivity (Wildman–Crippen MR) is 72.0 cm³/mol. The number of nitrogens with one attached hydrogen (secondary N) is 1. The van der Waals surface area contributed by atoms with E-state index in [4.69, 9.17) is 0 Å². The van der Waals surface area contributed by atoms with Gasteiger partial charge in [-0.25, -0.2) is 0 Å². The Morgan fingerprint density at radius 1 is 1.43 bits per heavy atom. The number of aliphatic imine (C=N–C) groups is 1. The van der Waals surface area contributed by atoms with Crippen LogP contribution in [0.15, 0.2) is 27.7 Å². The molecule has 1 aliphatic rings. The Kier molecular flexibility index (Phi) is 3.43. The van der Waals surface area contributed by atoms with Crippen molar-refractivity contribution in [1.29, 1.82) is 0 Å². The number of hydrogen-bond donors (Lipinski definition) is 1. The molecular weight excluding hydrogens is 355 g/mol. The summed E-state index contributed by atoms with van der Waals surface area (Å²) in [7, 11) is 0. The molecule has 0 atom stereocenters. The lowest BCUT2D eigenvalue weighted by Gasteiger charge is -2.08. The minimum absolute atomic E-state index is 0.962. The number of amidine groups is 1. The SMILES string of the molecule is Brc1ccc(I)cc1NC1=NCCC1. The largest absolute Gasteiger partial charge is 0.343 e. The Morgan fingerprint density at radius 2 is 2.29 bits per heavy atom. The first-order chi connectivity index (χ1) is 6.75. The van der Waals surface area contributed by atoms with Crippen LogP contribution in [0.4, 0.5) is 5.69 Å². The van der Waals surface area contributed by atoms with Crippen molar-refractivity contribution in [3.8, 4) is 0 Å². The van der Waals surface area contributed by atoms with Gasteiger partial charge in [0.15, 0.2) is 0 Å². The summed E-state index contributed by atoms with van der Waals surface area (Å²) in [5.74, 6) is 1.10. The summed E-state index contributed by atoms with van der Waals surface area (Å²) in [6.45, 7) is 0.962. The fourth-order valence-electron chi connectivity index (χ4n) is 1.39. The van der Waals surface area contributed by atoms with E-state index < -0.39 is 0 Å². The highest BCUT2D eigenvalue weighted by Gasteiger charge is 2.08. The first-order valence-corrected chi connectivity index (χ1v) is 6.38. The van der Waals surface area contributed by atoms with Gasteiger partial charge < -0.3 is 5.32 Å². The molecule has 0 bridgehead atoms. The molecule has 2 nitrogen and oxygen atoms in total. The topological polar surface area (TPSA) is 24.4 Å². The molecule has 0 fully saturated rings. The highest BCUT2D eigenvalue weighted by atomic mass is 127. The van der Waals surface area contributed by atoms with Crippen LogP contribution in [0.5, 0.6) is 0 Å². The van der Waals surface area contributed by atoms with E-state index in [2.05, 4.69) is 67.0 Å². The van der Waals surface area contributed by atoms with Crippen LogP contribution in [0, 0.1) is 3.57 Å². The van der Waals surface area contributed by atoms with Crippen LogP contribution >= 0.6 is 38.5 Å². The van der Waals surface area contributed by atoms with Crippen molar-refractivity contribution < 1.29 is 0 Å². The second-order valence-electron chi connectivity index (χ2n) is 3.18. The average molecular weight is 365 g/mol. The molecule has 1 aromatic carbocycles. The van der Waals surface area contributed by atoms with Crippen molar-refractivity contribution >= 4 is 50.0 Å². The van der Waals surface area contributed by atoms with Gasteiger partial charge in [-0.3, -0.25) is 4.99 Å². The average Bonchev–Trinajstić information content (AvgIpc) is 2.64. The van der Waals surface area contributed by atoms with Crippen LogP contribution in [-0.2, 0) is 0 Å². The van der Waals surface area contributed by atoms with Crippen LogP contribution in [0.3, 0.4) is 0 Å². The van der Waals surface area contributed by atoms with Gasteiger partial charge in [0.2, 0.25) is 0 Å². The second-order valence-corrected chi connectivity index (χ2v) is 5.28. The third-order valence-corrected chi connectivity index (χ3v) is 3.44. The molecule has 1 aliphatic heterocycles. The molecule has 0 spiro atoms. The van der Waals surface area contributed by atoms with Gasteiger partial charge in [-0.05, 0) is 63.1 Å². The molecule has 0 unspecified atom stereocenters. The minimum atomic E-state index is 0.962. The molecule has 1 N–H and O–H groups in total. The Bertz CT molecular complexity index is 376. The molecule has 74 valence electrons. The Balaban J connectivity index is 2.19. The molecule has 0 aromatic heterocycles. The summed E-state index contributed by atoms with van der Waals surface area (Å²) in [6.07, 6.45) is 2.24. The maximum Gasteiger partial charge on any atom is 0.101 e. The zero-order chi connectivity index (χ0) is 9.97. The van der Waals surface area contributed by atoms with Gasteiger partial charge in [0.25, 0.3) is 0 Å². The quantitative estimate of drug-likeness (QED) is 0.755. The molecular formula is C10H10BrIN2. The monoisotopic (exact) mass is 364 g/mol. The van der Waals surface area contributed by atoms with Crippen molar-refractivity contribution in [2.24, 2.45) is 4.99 Å². The molecule has 0 saturated carbocycles. The number of nitrogens with zero attached hydrogens (tertiary/aromatic N) is 1. The van der Waals surface area contributed by atoms with Crippen LogP contribution in [0.2, 0.25) is 0 Å². The summed E-state index contributed by atoms with van der Waals surface area (Å²) in [4.78, 5) is 4.38. The van der Waals surface area contributed by atoms with E-state index in [-0.39, 0.29) is 0 Å². The van der Waals surface area contributed by atoms with E-state index in [9.17, 15) is 0 Å². The highest BCUT2D eigenvalue weighted by Crippen LogP contribution is 2.25. The summed E-state index contributed by atoms with van der Waals surface area (Å²) < 4.78 is 2.32. The molecule has 4 heteroatoms. The van der Waals surface area contributed by atoms with E-state index >= 15 is 0 Å². The standard InChI is InChI=1S/C10H10BrIN2/c11-8-4-3-7(12)6-9(8)14-10-2-1-5-13-10/h3-4,6H,1-2,5H2,(H,13,14). The third kappa shape index (κ3) is 2.48. The normalized spacial score (nSPS) is 15.4. The van der Waals surface area contributed by atoms with E-state index in [0.717, 1.165) is 29.0 Å². The van der Waals surface area contributed by atoms with Gasteiger partial charge >= 0.3 is 0 Å². The van der Waals surface area contributed by atoms with E-state index in [1.165, 1.54) is 9.99 Å². The minimum Gasteiger partial charge on any atom is -0.343 e. The molecule has 0 saturated heterocycles. The van der Waals surface area contributed by atoms with Crippen molar-refractivity contribution in [3.63, 3.8) is 0 Å². The molecule has 0 amide bonds. The van der Waals surface area contributed by atoms with E-state index in [1.54, 1.807) is 0 Å². The first-order valence-electron chi connectivity index (χ1n) is 4.51. The Labute approximate surface area is 105 Å². The number of halogens is 2. The fourth-order valence-corrected chi connectivity index (χ4v) is 2.23. The third-order valence-electron chi connectivity index (χ3n) is 2.08. The van der Waals surface area contributed by atoms with Crippen LogP contribution < -0.4 is 5.32 Å². The summed E-state index contributed by atoms with van der Waals surface area (Å²) in [6, 6.07) is 6.25. The zero-order valence-electron chi connectivity index (χ0n) is 7.56. The Hall–Kier alpha value is -0.100. The fraction of sp³-hybridized carbons (Fsp3) is 0.300. The summed E-state index contributed by atoms with van der Waals surface area (Å²) in [5, 5.41) is 3.35. The molecule has 1 heterocycles. The van der Waals surface area contributed by atoms with Crippen LogP contribution in [0.25, 0.3) is 0 Å². The molecule has 0 radical (unpaired) electrons. The number of anilines is 1. The van der Waals surface area contributed by atoms with Crippen LogP contribution in [0.1, 0.15) is 12.8 Å². The van der Waals surface area contributed by atoms with Gasteiger partial charge in [0, 0.05) is 21.0 Å². The van der Waals surface area contributed by atoms with Crippen molar-refractivity contribution in [2.75, 3.05) is 11.9 Å². The van der Waals surface area contributed by atoms with Crippen molar-refractivity contribution in [3.05, 3.63) is 26.2 Å². The predicted octanol–water partition coefficient (Wildman–Crippen LogP) is 3.66. The maximum atomic E-state index is 4.38. The maximum absolute atomic E-state index is 4.38. The van der Waals surface area contributed by atoms with Gasteiger partial charge in [0.1, 0.15) is 5.84 Å². The molecule has 14 heavy (non-hydrogen) atoms. The van der Waals surface area contributed by atoms with Gasteiger partial charge in [0.05, 0.1) is 5.69 Å². The van der Waals surface area contributed by atoms with Gasteiger partial charge in [-0.2, -0.15) is 0 Å². The first kappa shape index (κ1) is 10.4. The van der Waals surface area contributed by atoms with E-state index in [1.807, 2.05) is 0 Å². The Morgan fingerprint density at radius 3 is 3.00 bits per heavy atom. The molecule has 0 aliphatic carbocycles. The van der Waals surface area contributed by atoms with Gasteiger partial charge in [-0.15, -0.1) is 0 Å². The zero-order valence-corrected chi connectivity index (χ0v) is 11.3. The smallest absolute Gasteiger partial charge is 0.101 e. The van der Waals surface area contributed by atoms with Crippen LogP contribution in [-0.4, -0.2) is 12.4 Å². The number of rotatable bonds is 1. The lowest BCUT2D eigenvalue weighted by molar-refractivity contribution is 0.951. The van der Waals surface area contributed by atoms with Gasteiger partial charge in [-0.1, -0.05) is 0 Å². The van der Waals surface area contributed by atoms with Crippen molar-refractivity contribution in [2.45, 2.75) is 12.8 Å². The number of benzene rings is 1. The molecule has 1 aromatic rings. The summed E-state index contributed by atoms with van der Waals surface area (Å²) >= 11 is 5.82. The lowest BCUT2D eigenvalue weighted by atomic mass is 10.3. The number of hydrogen-bond acceptors (Lipinski definition) is 2. The second kappa shape index (κ2) is 4.61. The lowest BCUT2D eigenvalue weighted by Crippen LogP contribution is -2.08. The molecule has 2 rings (SSSR count). The summed E-state index contributed by atoms with van der Waals surface area (Å²) in [5.41, 5.74) is 1.11. The van der Waals surface area contributed by atoms with E-state index in [0.29, 0.717) is 0 Å². The van der Waals surface area contributed by atoms with Crippen molar-refractivity contribution in [1.82, 2.24) is 0 Å².